The fourth-order valence-electron chi connectivity index (χ4n) is 1.23. The standard InChI is InChI=1S/C12H22O4/c1-3-6-12(14)8-5-10-16-15-9-4-7-11(2)13/h3-10H2,1-2H3. The average molecular weight is 230 g/mol. The molecule has 94 valence electrons. The van der Waals surface area contributed by atoms with Crippen LogP contribution in [0, 0.1) is 0 Å². The molecule has 0 unspecified atom stereocenters. The number of hydrogen-bond donors (Lipinski definition) is 0. The van der Waals surface area contributed by atoms with Crippen molar-refractivity contribution in [2.75, 3.05) is 13.2 Å². The molecule has 0 heterocycles. The first-order valence-electron chi connectivity index (χ1n) is 5.92. The fourth-order valence-corrected chi connectivity index (χ4v) is 1.23. The topological polar surface area (TPSA) is 52.6 Å². The third kappa shape index (κ3) is 11.3. The van der Waals surface area contributed by atoms with E-state index in [1.54, 1.807) is 6.92 Å². The van der Waals surface area contributed by atoms with Gasteiger partial charge in [0.25, 0.3) is 0 Å². The van der Waals surface area contributed by atoms with E-state index in [4.69, 9.17) is 9.78 Å². The molecular weight excluding hydrogens is 208 g/mol. The Morgan fingerprint density at radius 2 is 1.50 bits per heavy atom. The van der Waals surface area contributed by atoms with Crippen molar-refractivity contribution in [1.82, 2.24) is 0 Å². The van der Waals surface area contributed by atoms with Crippen molar-refractivity contribution in [2.24, 2.45) is 0 Å². The van der Waals surface area contributed by atoms with E-state index in [0.29, 0.717) is 45.3 Å². The van der Waals surface area contributed by atoms with Crippen LogP contribution >= 0.6 is 0 Å². The summed E-state index contributed by atoms with van der Waals surface area (Å²) in [6, 6.07) is 0. The monoisotopic (exact) mass is 230 g/mol. The molecule has 16 heavy (non-hydrogen) atoms. The highest BCUT2D eigenvalue weighted by atomic mass is 17.2. The molecule has 0 atom stereocenters. The Hall–Kier alpha value is -0.740. The summed E-state index contributed by atoms with van der Waals surface area (Å²) in [4.78, 5) is 31.4. The fraction of sp³-hybridized carbons (Fsp3) is 0.833. The lowest BCUT2D eigenvalue weighted by Crippen LogP contribution is -2.03. The number of carbonyl (C=O) groups excluding carboxylic acids is 2. The lowest BCUT2D eigenvalue weighted by Gasteiger charge is -2.03. The van der Waals surface area contributed by atoms with Gasteiger partial charge in [-0.25, -0.2) is 9.78 Å². The van der Waals surface area contributed by atoms with Crippen LogP contribution in [0.25, 0.3) is 0 Å². The molecule has 0 N–H and O–H groups in total. The van der Waals surface area contributed by atoms with Crippen LogP contribution in [0.4, 0.5) is 0 Å². The summed E-state index contributed by atoms with van der Waals surface area (Å²) in [6.45, 7) is 4.42. The molecule has 0 amide bonds. The average Bonchev–Trinajstić information content (AvgIpc) is 2.22. The third-order valence-electron chi connectivity index (χ3n) is 2.05. The molecule has 0 spiro atoms. The first-order chi connectivity index (χ1) is 7.66. The Morgan fingerprint density at radius 3 is 2.00 bits per heavy atom. The van der Waals surface area contributed by atoms with Crippen LogP contribution in [0.5, 0.6) is 0 Å². The van der Waals surface area contributed by atoms with E-state index in [0.717, 1.165) is 6.42 Å². The van der Waals surface area contributed by atoms with Gasteiger partial charge in [0.2, 0.25) is 0 Å². The van der Waals surface area contributed by atoms with Crippen LogP contribution in [0.2, 0.25) is 0 Å². The Bertz CT molecular complexity index is 201. The summed E-state index contributed by atoms with van der Waals surface area (Å²) in [5.74, 6) is 0.441. The summed E-state index contributed by atoms with van der Waals surface area (Å²) in [5.41, 5.74) is 0. The lowest BCUT2D eigenvalue weighted by atomic mass is 10.1. The van der Waals surface area contributed by atoms with Gasteiger partial charge in [-0.3, -0.25) is 4.79 Å². The Labute approximate surface area is 97.2 Å². The smallest absolute Gasteiger partial charge is 0.132 e. The van der Waals surface area contributed by atoms with Gasteiger partial charge in [-0.1, -0.05) is 6.92 Å². The molecule has 0 fully saturated rings. The molecule has 0 saturated heterocycles. The number of hydrogen-bond acceptors (Lipinski definition) is 4. The molecule has 0 radical (unpaired) electrons. The van der Waals surface area contributed by atoms with Gasteiger partial charge in [-0.05, 0) is 26.2 Å². The molecular formula is C12H22O4. The summed E-state index contributed by atoms with van der Waals surface area (Å²) in [7, 11) is 0. The first-order valence-corrected chi connectivity index (χ1v) is 5.92. The van der Waals surface area contributed by atoms with E-state index in [1.807, 2.05) is 6.92 Å². The van der Waals surface area contributed by atoms with Crippen LogP contribution in [0.1, 0.15) is 52.4 Å². The van der Waals surface area contributed by atoms with Gasteiger partial charge in [0.1, 0.15) is 11.6 Å². The molecule has 4 nitrogen and oxygen atoms in total. The van der Waals surface area contributed by atoms with Crippen LogP contribution in [-0.2, 0) is 19.4 Å². The van der Waals surface area contributed by atoms with Gasteiger partial charge in [-0.15, -0.1) is 0 Å². The van der Waals surface area contributed by atoms with Crippen molar-refractivity contribution < 1.29 is 19.4 Å². The zero-order valence-electron chi connectivity index (χ0n) is 10.3. The minimum atomic E-state index is 0.161. The Kier molecular flexibility index (Phi) is 10.3. The summed E-state index contributed by atoms with van der Waals surface area (Å²) in [6.07, 6.45) is 4.03. The van der Waals surface area contributed by atoms with Crippen molar-refractivity contribution >= 4 is 11.6 Å². The van der Waals surface area contributed by atoms with E-state index in [-0.39, 0.29) is 11.6 Å². The third-order valence-corrected chi connectivity index (χ3v) is 2.05. The second-order valence-corrected chi connectivity index (χ2v) is 3.84. The molecule has 0 rings (SSSR count). The Morgan fingerprint density at radius 1 is 0.938 bits per heavy atom. The van der Waals surface area contributed by atoms with Crippen molar-refractivity contribution in [3.05, 3.63) is 0 Å². The second-order valence-electron chi connectivity index (χ2n) is 3.84. The van der Waals surface area contributed by atoms with Gasteiger partial charge in [0, 0.05) is 19.3 Å². The van der Waals surface area contributed by atoms with E-state index >= 15 is 0 Å². The van der Waals surface area contributed by atoms with Crippen LogP contribution in [0.15, 0.2) is 0 Å². The highest BCUT2D eigenvalue weighted by molar-refractivity contribution is 5.78. The zero-order chi connectivity index (χ0) is 12.2. The number of ketones is 2. The number of rotatable bonds is 11. The molecule has 0 bridgehead atoms. The molecule has 0 aliphatic rings. The zero-order valence-corrected chi connectivity index (χ0v) is 10.3. The predicted molar refractivity (Wildman–Crippen MR) is 61.0 cm³/mol. The molecule has 0 aromatic heterocycles. The Balaban J connectivity index is 3.09. The van der Waals surface area contributed by atoms with Crippen LogP contribution in [0.3, 0.4) is 0 Å². The first kappa shape index (κ1) is 15.3. The largest absolute Gasteiger partial charge is 0.300 e. The summed E-state index contributed by atoms with van der Waals surface area (Å²) in [5, 5.41) is 0. The molecule has 0 aliphatic heterocycles. The molecule has 0 aliphatic carbocycles. The second kappa shape index (κ2) is 10.8. The van der Waals surface area contributed by atoms with Crippen molar-refractivity contribution in [2.45, 2.75) is 52.4 Å². The number of Topliss-reactive ketones (excluding diaryl/α,β-unsaturated/α-hetero) is 2. The van der Waals surface area contributed by atoms with E-state index < -0.39 is 0 Å². The molecule has 0 saturated carbocycles. The van der Waals surface area contributed by atoms with E-state index in [1.165, 1.54) is 0 Å². The summed E-state index contributed by atoms with van der Waals surface area (Å²) >= 11 is 0. The van der Waals surface area contributed by atoms with Gasteiger partial charge in [0.15, 0.2) is 0 Å². The SMILES string of the molecule is CCCC(=O)CCCOOCCCC(C)=O. The van der Waals surface area contributed by atoms with Crippen LogP contribution < -0.4 is 0 Å². The predicted octanol–water partition coefficient (Wildman–Crippen LogP) is 2.45. The van der Waals surface area contributed by atoms with Crippen LogP contribution in [-0.4, -0.2) is 24.8 Å². The highest BCUT2D eigenvalue weighted by Crippen LogP contribution is 1.99. The van der Waals surface area contributed by atoms with Gasteiger partial charge in [-0.2, -0.15) is 0 Å². The quantitative estimate of drug-likeness (QED) is 0.311. The van der Waals surface area contributed by atoms with E-state index in [9.17, 15) is 9.59 Å². The van der Waals surface area contributed by atoms with Gasteiger partial charge in [0.05, 0.1) is 13.2 Å². The molecule has 0 aromatic carbocycles. The minimum Gasteiger partial charge on any atom is -0.300 e. The van der Waals surface area contributed by atoms with Crippen molar-refractivity contribution in [3.8, 4) is 0 Å². The summed E-state index contributed by atoms with van der Waals surface area (Å²) < 4.78 is 0. The maximum atomic E-state index is 11.1. The molecule has 4 heteroatoms. The van der Waals surface area contributed by atoms with Gasteiger partial charge < -0.3 is 4.79 Å². The van der Waals surface area contributed by atoms with Crippen molar-refractivity contribution in [3.63, 3.8) is 0 Å². The maximum Gasteiger partial charge on any atom is 0.132 e. The minimum absolute atomic E-state index is 0.161. The highest BCUT2D eigenvalue weighted by Gasteiger charge is 2.00. The van der Waals surface area contributed by atoms with Crippen molar-refractivity contribution in [1.29, 1.82) is 0 Å². The molecule has 0 aromatic rings. The number of carbonyl (C=O) groups is 2. The van der Waals surface area contributed by atoms with E-state index in [2.05, 4.69) is 0 Å². The normalized spacial score (nSPS) is 10.4. The maximum absolute atomic E-state index is 11.1. The van der Waals surface area contributed by atoms with Gasteiger partial charge >= 0.3 is 0 Å². The lowest BCUT2D eigenvalue weighted by molar-refractivity contribution is -0.294.